The Morgan fingerprint density at radius 2 is 1.76 bits per heavy atom. The maximum absolute atomic E-state index is 14.5. The van der Waals surface area contributed by atoms with Crippen LogP contribution in [-0.2, 0) is 0 Å². The van der Waals surface area contributed by atoms with Crippen molar-refractivity contribution in [1.29, 1.82) is 5.26 Å². The molecule has 0 amide bonds. The minimum atomic E-state index is -0.466. The molecule has 4 rings (SSSR count). The average Bonchev–Trinajstić information content (AvgIpc) is 3.24. The lowest BCUT2D eigenvalue weighted by Crippen LogP contribution is -2.61. The van der Waals surface area contributed by atoms with Gasteiger partial charge in [0, 0.05) is 40.9 Å². The van der Waals surface area contributed by atoms with E-state index in [1.54, 1.807) is 12.3 Å². The largest absolute Gasteiger partial charge is 0.365 e. The molecular weight excluding hydrogens is 417 g/mol. The first-order valence-corrected chi connectivity index (χ1v) is 11.1. The van der Waals surface area contributed by atoms with Crippen molar-refractivity contribution in [3.05, 3.63) is 60.3 Å². The van der Waals surface area contributed by atoms with Crippen LogP contribution in [0.4, 0.5) is 21.8 Å². The molecule has 1 fully saturated rings. The number of likely N-dealkylation sites (tertiary alicyclic amines) is 1. The second kappa shape index (κ2) is 8.49. The summed E-state index contributed by atoms with van der Waals surface area (Å²) in [6.45, 7) is 8.85. The minimum Gasteiger partial charge on any atom is -0.365 e. The first-order chi connectivity index (χ1) is 15.6. The fourth-order valence-electron chi connectivity index (χ4n) is 4.66. The second-order valence-corrected chi connectivity index (χ2v) is 9.91. The number of nitrogens with one attached hydrogen (secondary N) is 2. The van der Waals surface area contributed by atoms with Crippen molar-refractivity contribution in [1.82, 2.24) is 19.4 Å². The summed E-state index contributed by atoms with van der Waals surface area (Å²) in [6, 6.07) is 11.6. The van der Waals surface area contributed by atoms with Gasteiger partial charge in [-0.05, 0) is 77.9 Å². The van der Waals surface area contributed by atoms with Gasteiger partial charge in [0.15, 0.2) is 11.6 Å². The topological polar surface area (TPSA) is 81.8 Å². The third kappa shape index (κ3) is 4.83. The molecule has 0 aliphatic carbocycles. The van der Waals surface area contributed by atoms with Crippen molar-refractivity contribution < 1.29 is 4.39 Å². The van der Waals surface area contributed by atoms with Crippen LogP contribution in [0.1, 0.15) is 46.1 Å². The molecule has 0 atom stereocenters. The van der Waals surface area contributed by atoms with E-state index in [0.29, 0.717) is 11.5 Å². The monoisotopic (exact) mass is 447 g/mol. The van der Waals surface area contributed by atoms with Gasteiger partial charge in [-0.2, -0.15) is 10.2 Å². The van der Waals surface area contributed by atoms with Gasteiger partial charge in [-0.3, -0.25) is 4.90 Å². The molecule has 172 valence electrons. The summed E-state index contributed by atoms with van der Waals surface area (Å²) < 4.78 is 16.4. The third-order valence-electron chi connectivity index (χ3n) is 6.64. The molecule has 7 nitrogen and oxygen atoms in total. The highest BCUT2D eigenvalue weighted by atomic mass is 19.1. The maximum atomic E-state index is 14.5. The molecule has 3 aromatic rings. The van der Waals surface area contributed by atoms with Gasteiger partial charge < -0.3 is 15.2 Å². The van der Waals surface area contributed by atoms with E-state index in [2.05, 4.69) is 66.3 Å². The molecule has 0 saturated carbocycles. The van der Waals surface area contributed by atoms with Crippen LogP contribution in [0.2, 0.25) is 0 Å². The SMILES string of the molecule is CN1C(C)(C)CC(Nc2nc(Nc3ccc(-n4ccc(C#N)c4)cc3)ncc2F)CC1(C)C. The normalized spacial score (nSPS) is 18.0. The summed E-state index contributed by atoms with van der Waals surface area (Å²) in [5, 5.41) is 15.5. The molecule has 1 aromatic carbocycles. The van der Waals surface area contributed by atoms with E-state index in [1.807, 2.05) is 35.0 Å². The third-order valence-corrected chi connectivity index (χ3v) is 6.64. The van der Waals surface area contributed by atoms with Crippen molar-refractivity contribution in [2.75, 3.05) is 17.7 Å². The fraction of sp³-hybridized carbons (Fsp3) is 0.400. The summed E-state index contributed by atoms with van der Waals surface area (Å²) in [7, 11) is 2.15. The van der Waals surface area contributed by atoms with Crippen LogP contribution in [-0.4, -0.2) is 43.6 Å². The van der Waals surface area contributed by atoms with Gasteiger partial charge >= 0.3 is 0 Å². The molecular formula is C25H30FN7. The van der Waals surface area contributed by atoms with Gasteiger partial charge in [0.25, 0.3) is 0 Å². The van der Waals surface area contributed by atoms with Crippen molar-refractivity contribution in [2.24, 2.45) is 0 Å². The molecule has 8 heteroatoms. The Morgan fingerprint density at radius 1 is 1.09 bits per heavy atom. The molecule has 1 saturated heterocycles. The predicted molar refractivity (Wildman–Crippen MR) is 128 cm³/mol. The van der Waals surface area contributed by atoms with E-state index in [9.17, 15) is 4.39 Å². The zero-order valence-corrected chi connectivity index (χ0v) is 19.7. The number of nitrogens with zero attached hydrogens (tertiary/aromatic N) is 5. The van der Waals surface area contributed by atoms with Crippen molar-refractivity contribution in [3.63, 3.8) is 0 Å². The number of hydrogen-bond acceptors (Lipinski definition) is 6. The number of halogens is 1. The molecule has 2 N–H and O–H groups in total. The van der Waals surface area contributed by atoms with Crippen LogP contribution in [0.5, 0.6) is 0 Å². The van der Waals surface area contributed by atoms with Crippen molar-refractivity contribution >= 4 is 17.5 Å². The van der Waals surface area contributed by atoms with Gasteiger partial charge in [-0.15, -0.1) is 0 Å². The van der Waals surface area contributed by atoms with Crippen LogP contribution in [0, 0.1) is 17.1 Å². The number of benzene rings is 1. The number of piperidine rings is 1. The van der Waals surface area contributed by atoms with Crippen LogP contribution in [0.25, 0.3) is 5.69 Å². The maximum Gasteiger partial charge on any atom is 0.229 e. The summed E-state index contributed by atoms with van der Waals surface area (Å²) in [4.78, 5) is 10.9. The van der Waals surface area contributed by atoms with Gasteiger partial charge in [-0.25, -0.2) is 9.37 Å². The van der Waals surface area contributed by atoms with E-state index in [1.165, 1.54) is 6.20 Å². The zero-order chi connectivity index (χ0) is 23.8. The van der Waals surface area contributed by atoms with Gasteiger partial charge in [0.2, 0.25) is 5.95 Å². The Balaban J connectivity index is 1.48. The predicted octanol–water partition coefficient (Wildman–Crippen LogP) is 5.08. The Hall–Kier alpha value is -3.44. The second-order valence-electron chi connectivity index (χ2n) is 9.91. The minimum absolute atomic E-state index is 0.0144. The molecule has 0 bridgehead atoms. The van der Waals surface area contributed by atoms with Gasteiger partial charge in [0.1, 0.15) is 6.07 Å². The average molecular weight is 448 g/mol. The number of nitriles is 1. The van der Waals surface area contributed by atoms with E-state index in [0.717, 1.165) is 24.2 Å². The van der Waals surface area contributed by atoms with E-state index in [4.69, 9.17) is 5.26 Å². The van der Waals surface area contributed by atoms with Gasteiger partial charge in [0.05, 0.1) is 11.8 Å². The molecule has 2 aromatic heterocycles. The quantitative estimate of drug-likeness (QED) is 0.567. The summed E-state index contributed by atoms with van der Waals surface area (Å²) in [6.07, 6.45) is 6.57. The summed E-state index contributed by atoms with van der Waals surface area (Å²) in [5.41, 5.74) is 2.29. The molecule has 0 radical (unpaired) electrons. The molecule has 33 heavy (non-hydrogen) atoms. The van der Waals surface area contributed by atoms with E-state index < -0.39 is 5.82 Å². The number of hydrogen-bond donors (Lipinski definition) is 2. The number of anilines is 3. The van der Waals surface area contributed by atoms with Crippen molar-refractivity contribution in [2.45, 2.75) is 57.7 Å². The Bertz CT molecular complexity index is 1160. The molecule has 1 aliphatic rings. The van der Waals surface area contributed by atoms with Crippen LogP contribution >= 0.6 is 0 Å². The summed E-state index contributed by atoms with van der Waals surface area (Å²) >= 11 is 0. The van der Waals surface area contributed by atoms with E-state index >= 15 is 0 Å². The van der Waals surface area contributed by atoms with Gasteiger partial charge in [-0.1, -0.05) is 0 Å². The van der Waals surface area contributed by atoms with Crippen molar-refractivity contribution in [3.8, 4) is 11.8 Å². The smallest absolute Gasteiger partial charge is 0.229 e. The Labute approximate surface area is 194 Å². The highest BCUT2D eigenvalue weighted by Crippen LogP contribution is 2.38. The van der Waals surface area contributed by atoms with E-state index in [-0.39, 0.29) is 22.9 Å². The lowest BCUT2D eigenvalue weighted by atomic mass is 9.77. The molecule has 0 unspecified atom stereocenters. The lowest BCUT2D eigenvalue weighted by molar-refractivity contribution is -0.00778. The van der Waals surface area contributed by atoms with Crippen LogP contribution in [0.3, 0.4) is 0 Å². The fourth-order valence-corrected chi connectivity index (χ4v) is 4.66. The number of rotatable bonds is 5. The first-order valence-electron chi connectivity index (χ1n) is 11.1. The first kappa shape index (κ1) is 22.7. The Kier molecular flexibility index (Phi) is 5.85. The highest BCUT2D eigenvalue weighted by molar-refractivity contribution is 5.57. The molecule has 0 spiro atoms. The Morgan fingerprint density at radius 3 is 2.36 bits per heavy atom. The lowest BCUT2D eigenvalue weighted by Gasteiger charge is -2.53. The summed E-state index contributed by atoms with van der Waals surface area (Å²) in [5.74, 6) is 0.0684. The zero-order valence-electron chi connectivity index (χ0n) is 19.7. The standard InChI is InChI=1S/C25H30FN7/c1-24(2)12-19(13-25(3,4)32(24)5)29-22-21(26)15-28-23(31-22)30-18-6-8-20(9-7-18)33-11-10-17(14-27)16-33/h6-11,15-16,19H,12-13H2,1-5H3,(H2,28,29,30,31). The number of aromatic nitrogens is 3. The van der Waals surface area contributed by atoms with Crippen LogP contribution in [0.15, 0.2) is 48.9 Å². The molecule has 1 aliphatic heterocycles. The van der Waals surface area contributed by atoms with Crippen LogP contribution < -0.4 is 10.6 Å². The highest BCUT2D eigenvalue weighted by Gasteiger charge is 2.43. The molecule has 3 heterocycles.